The minimum Gasteiger partial charge on any atom is -0.491 e. The van der Waals surface area contributed by atoms with Gasteiger partial charge < -0.3 is 14.8 Å². The zero-order valence-electron chi connectivity index (χ0n) is 36.9. The summed E-state index contributed by atoms with van der Waals surface area (Å²) < 4.78 is 41.7. The van der Waals surface area contributed by atoms with Gasteiger partial charge in [0.15, 0.2) is 17.5 Å². The number of carbonyl (C=O) groups is 3. The molecule has 0 radical (unpaired) electrons. The number of hydrogen-bond acceptors (Lipinski definition) is 8. The smallest absolute Gasteiger partial charge is 0.418 e. The minimum atomic E-state index is -4.23. The molecule has 2 unspecified atom stereocenters. The molecule has 2 aromatic rings. The van der Waals surface area contributed by atoms with Gasteiger partial charge in [0.2, 0.25) is 0 Å². The Balaban J connectivity index is 1.50. The molecule has 0 spiro atoms. The lowest BCUT2D eigenvalue weighted by atomic mass is 10.0. The summed E-state index contributed by atoms with van der Waals surface area (Å²) in [7, 11) is -4.23. The highest BCUT2D eigenvalue weighted by Gasteiger charge is 2.55. The first kappa shape index (κ1) is 47.7. The summed E-state index contributed by atoms with van der Waals surface area (Å²) in [6.45, 7) is 11.8. The summed E-state index contributed by atoms with van der Waals surface area (Å²) in [5.41, 5.74) is -0.267. The van der Waals surface area contributed by atoms with Crippen molar-refractivity contribution in [3.05, 3.63) is 48.0 Å². The van der Waals surface area contributed by atoms with Gasteiger partial charge in [0.25, 0.3) is 21.8 Å². The van der Waals surface area contributed by atoms with Crippen LogP contribution < -0.4 is 10.1 Å². The highest BCUT2D eigenvalue weighted by molar-refractivity contribution is 7.90. The fraction of sp³-hybridized carbons (Fsp3) is 0.660. The predicted molar refractivity (Wildman–Crippen MR) is 237 cm³/mol. The van der Waals surface area contributed by atoms with E-state index in [-0.39, 0.29) is 23.0 Å². The number of amidine groups is 1. The number of nitrogens with one attached hydrogen (secondary N) is 1. The van der Waals surface area contributed by atoms with Gasteiger partial charge in [0.05, 0.1) is 18.0 Å². The van der Waals surface area contributed by atoms with E-state index in [1.165, 1.54) is 90.5 Å². The van der Waals surface area contributed by atoms with Crippen molar-refractivity contribution in [3.8, 4) is 5.75 Å². The molecule has 1 N–H and O–H groups in total. The highest BCUT2D eigenvalue weighted by atomic mass is 32.2. The van der Waals surface area contributed by atoms with Crippen LogP contribution in [0.3, 0.4) is 0 Å². The summed E-state index contributed by atoms with van der Waals surface area (Å²) in [5.74, 6) is -1.06. The van der Waals surface area contributed by atoms with Crippen molar-refractivity contribution in [1.82, 2.24) is 9.21 Å². The van der Waals surface area contributed by atoms with Crippen LogP contribution in [0.5, 0.6) is 5.75 Å². The Morgan fingerprint density at radius 2 is 1.39 bits per heavy atom. The molecular weight excluding hydrogens is 765 g/mol. The number of sulfonamides is 1. The molecule has 0 bridgehead atoms. The third kappa shape index (κ3) is 13.5. The van der Waals surface area contributed by atoms with Crippen molar-refractivity contribution in [1.29, 1.82) is 0 Å². The van der Waals surface area contributed by atoms with Gasteiger partial charge in [-0.15, -0.1) is 0 Å². The molecule has 3 amide bonds. The summed E-state index contributed by atoms with van der Waals surface area (Å²) >= 11 is 0. The van der Waals surface area contributed by atoms with Gasteiger partial charge in [-0.1, -0.05) is 155 Å². The number of fused-ring (bicyclic) bond motifs is 1. The number of cyclic esters (lactones) is 1. The number of aliphatic imine (C=N–C) groups is 1. The van der Waals surface area contributed by atoms with Crippen molar-refractivity contribution in [2.75, 3.05) is 18.5 Å². The van der Waals surface area contributed by atoms with Gasteiger partial charge in [-0.25, -0.2) is 23.1 Å². The van der Waals surface area contributed by atoms with E-state index >= 15 is 0 Å². The Morgan fingerprint density at radius 3 is 1.95 bits per heavy atom. The van der Waals surface area contributed by atoms with E-state index in [9.17, 15) is 22.8 Å². The molecule has 2 heterocycles. The molecule has 0 aliphatic carbocycles. The molecule has 2 aromatic carbocycles. The monoisotopic (exact) mass is 837 g/mol. The fourth-order valence-corrected chi connectivity index (χ4v) is 9.48. The van der Waals surface area contributed by atoms with Crippen LogP contribution in [0.25, 0.3) is 0 Å². The molecule has 12 heteroatoms. The van der Waals surface area contributed by atoms with Crippen LogP contribution in [0.2, 0.25) is 0 Å². The van der Waals surface area contributed by atoms with Gasteiger partial charge in [-0.05, 0) is 69.4 Å². The van der Waals surface area contributed by atoms with Crippen LogP contribution in [0.1, 0.15) is 169 Å². The zero-order chi connectivity index (χ0) is 42.8. The topological polar surface area (TPSA) is 135 Å². The first-order valence-electron chi connectivity index (χ1n) is 22.7. The number of nitrogens with zero attached hydrogens (tertiary/aromatic N) is 3. The molecule has 1 saturated heterocycles. The largest absolute Gasteiger partial charge is 0.491 e. The summed E-state index contributed by atoms with van der Waals surface area (Å²) in [4.78, 5) is 47.6. The van der Waals surface area contributed by atoms with Crippen LogP contribution in [0.4, 0.5) is 16.2 Å². The molecule has 59 heavy (non-hydrogen) atoms. The second-order valence-electron chi connectivity index (χ2n) is 17.0. The van der Waals surface area contributed by atoms with Crippen molar-refractivity contribution < 1.29 is 32.3 Å². The lowest BCUT2D eigenvalue weighted by Crippen LogP contribution is -2.59. The summed E-state index contributed by atoms with van der Waals surface area (Å²) in [5, 5.41) is 2.91. The maximum atomic E-state index is 14.7. The minimum absolute atomic E-state index is 0.00187. The Hall–Kier alpha value is -3.93. The van der Waals surface area contributed by atoms with E-state index in [1.54, 1.807) is 30.3 Å². The van der Waals surface area contributed by atoms with Crippen molar-refractivity contribution in [3.63, 3.8) is 0 Å². The molecular formula is C47H72N4O7S. The number of unbranched alkanes of at least 4 members (excludes halogenated alkanes) is 16. The molecule has 0 aromatic heterocycles. The maximum absolute atomic E-state index is 14.7. The number of amides is 3. The first-order chi connectivity index (χ1) is 28.3. The first-order valence-corrected chi connectivity index (χ1v) is 24.1. The quantitative estimate of drug-likeness (QED) is 0.0843. The van der Waals surface area contributed by atoms with Crippen molar-refractivity contribution >= 4 is 45.1 Å². The average Bonchev–Trinajstić information content (AvgIpc) is 3.40. The van der Waals surface area contributed by atoms with Crippen LogP contribution in [0, 0.1) is 12.8 Å². The molecule has 1 fully saturated rings. The third-order valence-electron chi connectivity index (χ3n) is 11.6. The predicted octanol–water partition coefficient (Wildman–Crippen LogP) is 11.7. The molecule has 2 aliphatic heterocycles. The number of carbonyl (C=O) groups excluding carboxylic acids is 3. The molecule has 2 atom stereocenters. The van der Waals surface area contributed by atoms with Crippen LogP contribution in [0.15, 0.2) is 52.4 Å². The van der Waals surface area contributed by atoms with Crippen LogP contribution >= 0.6 is 0 Å². The van der Waals surface area contributed by atoms with Crippen LogP contribution in [-0.2, 0) is 24.3 Å². The number of imide groups is 1. The average molecular weight is 837 g/mol. The van der Waals surface area contributed by atoms with E-state index in [0.29, 0.717) is 35.3 Å². The lowest BCUT2D eigenvalue weighted by Gasteiger charge is -2.35. The molecule has 11 nitrogen and oxygen atoms in total. The number of aryl methyl sites for hydroxylation is 1. The third-order valence-corrected chi connectivity index (χ3v) is 13.4. The Morgan fingerprint density at radius 1 is 0.814 bits per heavy atom. The van der Waals surface area contributed by atoms with Gasteiger partial charge in [0, 0.05) is 6.54 Å². The Labute approximate surface area is 355 Å². The SMILES string of the molecule is CCCCCCCCCCCCCCCCCCN1C(C(C(=O)Nc2cc(C)ccc2OCC(CC)CCCC)N2C(=O)OC(C)(C)C2=O)=Nc2ccccc2S1(=O)=O. The zero-order valence-corrected chi connectivity index (χ0v) is 37.7. The number of para-hydroxylation sites is 1. The second kappa shape index (κ2) is 23.8. The summed E-state index contributed by atoms with van der Waals surface area (Å²) in [6.07, 6.45) is 21.9. The van der Waals surface area contributed by atoms with Crippen LogP contribution in [-0.4, -0.2) is 66.2 Å². The second-order valence-corrected chi connectivity index (χ2v) is 18.8. The number of anilines is 1. The van der Waals surface area contributed by atoms with Gasteiger partial charge in [-0.2, -0.15) is 0 Å². The van der Waals surface area contributed by atoms with E-state index < -0.39 is 39.6 Å². The van der Waals surface area contributed by atoms with Gasteiger partial charge in [0.1, 0.15) is 10.6 Å². The van der Waals surface area contributed by atoms with E-state index in [0.717, 1.165) is 61.2 Å². The summed E-state index contributed by atoms with van der Waals surface area (Å²) in [6, 6.07) is 9.99. The lowest BCUT2D eigenvalue weighted by molar-refractivity contribution is -0.137. The molecule has 0 saturated carbocycles. The van der Waals surface area contributed by atoms with Gasteiger partial charge >= 0.3 is 6.09 Å². The fourth-order valence-electron chi connectivity index (χ4n) is 7.86. The standard InChI is InChI=1S/C47H72N4O7S/c1-7-10-12-13-14-15-16-17-18-19-20-21-22-23-24-27-33-50-43(48-38-29-25-26-30-41(38)59(50,55)56)42(51-45(53)47(5,6)58-46(51)54)44(52)49-39-34-36(4)31-32-40(39)57-35-37(9-3)28-11-8-2/h25-26,29-32,34,37,42H,7-24,27-28,33,35H2,1-6H3,(H,49,52). The van der Waals surface area contributed by atoms with Gasteiger partial charge in [-0.3, -0.25) is 13.9 Å². The van der Waals surface area contributed by atoms with Crippen molar-refractivity contribution in [2.45, 2.75) is 186 Å². The normalized spacial score (nSPS) is 16.7. The molecule has 4 rings (SSSR count). The molecule has 328 valence electrons. The Kier molecular flexibility index (Phi) is 19.2. The van der Waals surface area contributed by atoms with Crippen molar-refractivity contribution in [2.24, 2.45) is 10.9 Å². The van der Waals surface area contributed by atoms with E-state index in [1.807, 2.05) is 13.0 Å². The number of ether oxygens (including phenoxy) is 2. The number of rotatable bonds is 28. The maximum Gasteiger partial charge on any atom is 0.418 e. The number of benzene rings is 2. The highest BCUT2D eigenvalue weighted by Crippen LogP contribution is 2.37. The Bertz CT molecular complexity index is 1810. The van der Waals surface area contributed by atoms with E-state index in [2.05, 4.69) is 26.1 Å². The number of hydrogen-bond donors (Lipinski definition) is 1. The molecule has 2 aliphatic rings. The van der Waals surface area contributed by atoms with E-state index in [4.69, 9.17) is 14.5 Å².